The standard InChI is InChI=1S/C11H21F2NO/c1-14-6-5-9-3-2-4-10(7-9)8-15-11(12)13/h9-11,14H,2-8H2,1H3. The van der Waals surface area contributed by atoms with Crippen molar-refractivity contribution < 1.29 is 13.5 Å². The first-order chi connectivity index (χ1) is 7.22. The highest BCUT2D eigenvalue weighted by Crippen LogP contribution is 2.31. The van der Waals surface area contributed by atoms with E-state index in [1.165, 1.54) is 6.42 Å². The second-order valence-corrected chi connectivity index (χ2v) is 4.38. The Balaban J connectivity index is 2.17. The molecule has 2 unspecified atom stereocenters. The van der Waals surface area contributed by atoms with Crippen LogP contribution in [0.1, 0.15) is 32.1 Å². The number of hydrogen-bond donors (Lipinski definition) is 1. The summed E-state index contributed by atoms with van der Waals surface area (Å²) < 4.78 is 28.1. The second-order valence-electron chi connectivity index (χ2n) is 4.38. The van der Waals surface area contributed by atoms with Gasteiger partial charge in [-0.25, -0.2) is 0 Å². The predicted molar refractivity (Wildman–Crippen MR) is 55.9 cm³/mol. The number of halogens is 2. The first-order valence-electron chi connectivity index (χ1n) is 5.76. The maximum Gasteiger partial charge on any atom is 0.345 e. The van der Waals surface area contributed by atoms with E-state index in [0.717, 1.165) is 32.2 Å². The Morgan fingerprint density at radius 1 is 1.33 bits per heavy atom. The van der Waals surface area contributed by atoms with E-state index in [0.29, 0.717) is 11.8 Å². The highest BCUT2D eigenvalue weighted by atomic mass is 19.3. The van der Waals surface area contributed by atoms with Gasteiger partial charge in [-0.1, -0.05) is 12.8 Å². The minimum Gasteiger partial charge on any atom is -0.323 e. The molecule has 0 aromatic heterocycles. The molecule has 0 aromatic rings. The van der Waals surface area contributed by atoms with Gasteiger partial charge >= 0.3 is 6.61 Å². The van der Waals surface area contributed by atoms with Gasteiger partial charge in [0.25, 0.3) is 0 Å². The quantitative estimate of drug-likeness (QED) is 0.744. The Morgan fingerprint density at radius 3 is 2.73 bits per heavy atom. The van der Waals surface area contributed by atoms with E-state index in [1.807, 2.05) is 7.05 Å². The van der Waals surface area contributed by atoms with Gasteiger partial charge in [0.2, 0.25) is 0 Å². The van der Waals surface area contributed by atoms with Crippen molar-refractivity contribution >= 4 is 0 Å². The molecule has 0 saturated heterocycles. The lowest BCUT2D eigenvalue weighted by molar-refractivity contribution is -0.141. The third kappa shape index (κ3) is 5.42. The Kier molecular flexibility index (Phi) is 6.10. The molecule has 1 rings (SSSR count). The van der Waals surface area contributed by atoms with Crippen LogP contribution in [0.3, 0.4) is 0 Å². The highest BCUT2D eigenvalue weighted by molar-refractivity contribution is 4.73. The monoisotopic (exact) mass is 221 g/mol. The predicted octanol–water partition coefficient (Wildman–Crippen LogP) is 2.64. The fourth-order valence-corrected chi connectivity index (χ4v) is 2.37. The zero-order valence-corrected chi connectivity index (χ0v) is 9.35. The molecule has 90 valence electrons. The first-order valence-corrected chi connectivity index (χ1v) is 5.76. The van der Waals surface area contributed by atoms with Crippen LogP contribution in [-0.4, -0.2) is 26.8 Å². The molecule has 0 aromatic carbocycles. The third-order valence-corrected chi connectivity index (χ3v) is 3.15. The van der Waals surface area contributed by atoms with Crippen molar-refractivity contribution in [1.82, 2.24) is 5.32 Å². The van der Waals surface area contributed by atoms with Crippen molar-refractivity contribution in [2.45, 2.75) is 38.7 Å². The Hall–Kier alpha value is -0.220. The van der Waals surface area contributed by atoms with Crippen LogP contribution in [0.2, 0.25) is 0 Å². The molecular formula is C11H21F2NO. The molecule has 15 heavy (non-hydrogen) atoms. The van der Waals surface area contributed by atoms with Gasteiger partial charge in [0.15, 0.2) is 0 Å². The maximum atomic E-state index is 11.9. The summed E-state index contributed by atoms with van der Waals surface area (Å²) >= 11 is 0. The molecule has 1 fully saturated rings. The zero-order valence-electron chi connectivity index (χ0n) is 9.35. The van der Waals surface area contributed by atoms with Crippen LogP contribution < -0.4 is 5.32 Å². The summed E-state index contributed by atoms with van der Waals surface area (Å²) in [5, 5.41) is 3.13. The summed E-state index contributed by atoms with van der Waals surface area (Å²) in [5.74, 6) is 1.03. The van der Waals surface area contributed by atoms with Gasteiger partial charge in [-0.3, -0.25) is 0 Å². The van der Waals surface area contributed by atoms with Crippen molar-refractivity contribution in [3.63, 3.8) is 0 Å². The van der Waals surface area contributed by atoms with Gasteiger partial charge in [-0.2, -0.15) is 8.78 Å². The lowest BCUT2D eigenvalue weighted by Crippen LogP contribution is -2.23. The average molecular weight is 221 g/mol. The van der Waals surface area contributed by atoms with Crippen molar-refractivity contribution in [3.8, 4) is 0 Å². The molecule has 1 aliphatic carbocycles. The van der Waals surface area contributed by atoms with Crippen LogP contribution in [-0.2, 0) is 4.74 Å². The summed E-state index contributed by atoms with van der Waals surface area (Å²) in [4.78, 5) is 0. The number of rotatable bonds is 6. The molecule has 0 radical (unpaired) electrons. The van der Waals surface area contributed by atoms with Gasteiger partial charge in [0.05, 0.1) is 6.61 Å². The summed E-state index contributed by atoms with van der Waals surface area (Å²) in [6.07, 6.45) is 5.65. The van der Waals surface area contributed by atoms with Gasteiger partial charge < -0.3 is 10.1 Å². The smallest absolute Gasteiger partial charge is 0.323 e. The second kappa shape index (κ2) is 7.12. The fraction of sp³-hybridized carbons (Fsp3) is 1.00. The van der Waals surface area contributed by atoms with E-state index in [9.17, 15) is 8.78 Å². The lowest BCUT2D eigenvalue weighted by Gasteiger charge is -2.28. The topological polar surface area (TPSA) is 21.3 Å². The van der Waals surface area contributed by atoms with Crippen molar-refractivity contribution in [2.75, 3.05) is 20.2 Å². The molecule has 4 heteroatoms. The molecule has 1 N–H and O–H groups in total. The van der Waals surface area contributed by atoms with Crippen LogP contribution in [0.4, 0.5) is 8.78 Å². The van der Waals surface area contributed by atoms with Crippen molar-refractivity contribution in [1.29, 1.82) is 0 Å². The maximum absolute atomic E-state index is 11.9. The van der Waals surface area contributed by atoms with Crippen molar-refractivity contribution in [2.24, 2.45) is 11.8 Å². The minimum absolute atomic E-state index is 0.230. The molecule has 2 nitrogen and oxygen atoms in total. The molecule has 0 aliphatic heterocycles. The molecule has 1 aliphatic rings. The van der Waals surface area contributed by atoms with Crippen LogP contribution in [0, 0.1) is 11.8 Å². The Bertz CT molecular complexity index is 167. The van der Waals surface area contributed by atoms with E-state index >= 15 is 0 Å². The first kappa shape index (κ1) is 12.8. The highest BCUT2D eigenvalue weighted by Gasteiger charge is 2.22. The largest absolute Gasteiger partial charge is 0.345 e. The minimum atomic E-state index is -2.61. The van der Waals surface area contributed by atoms with Gasteiger partial charge in [-0.05, 0) is 44.7 Å². The molecule has 0 amide bonds. The Morgan fingerprint density at radius 2 is 2.07 bits per heavy atom. The molecule has 1 saturated carbocycles. The van der Waals surface area contributed by atoms with E-state index in [2.05, 4.69) is 10.1 Å². The molecule has 0 bridgehead atoms. The fourth-order valence-electron chi connectivity index (χ4n) is 2.37. The van der Waals surface area contributed by atoms with E-state index in [-0.39, 0.29) is 6.61 Å². The Labute approximate surface area is 90.4 Å². The molecular weight excluding hydrogens is 200 g/mol. The molecule has 0 spiro atoms. The zero-order chi connectivity index (χ0) is 11.1. The van der Waals surface area contributed by atoms with E-state index in [4.69, 9.17) is 0 Å². The molecule has 2 atom stereocenters. The van der Waals surface area contributed by atoms with E-state index in [1.54, 1.807) is 0 Å². The number of alkyl halides is 2. The van der Waals surface area contributed by atoms with Crippen LogP contribution >= 0.6 is 0 Å². The van der Waals surface area contributed by atoms with Crippen LogP contribution in [0.5, 0.6) is 0 Å². The summed E-state index contributed by atoms with van der Waals surface area (Å²) in [6, 6.07) is 0. The number of nitrogens with one attached hydrogen (secondary N) is 1. The average Bonchev–Trinajstić information content (AvgIpc) is 2.24. The third-order valence-electron chi connectivity index (χ3n) is 3.15. The van der Waals surface area contributed by atoms with Gasteiger partial charge in [-0.15, -0.1) is 0 Å². The van der Waals surface area contributed by atoms with Crippen molar-refractivity contribution in [3.05, 3.63) is 0 Å². The summed E-state index contributed by atoms with van der Waals surface area (Å²) in [5.41, 5.74) is 0. The summed E-state index contributed by atoms with van der Waals surface area (Å²) in [7, 11) is 1.94. The van der Waals surface area contributed by atoms with Crippen LogP contribution in [0.15, 0.2) is 0 Å². The van der Waals surface area contributed by atoms with E-state index < -0.39 is 6.61 Å². The summed E-state index contributed by atoms with van der Waals surface area (Å²) in [6.45, 7) is -1.36. The van der Waals surface area contributed by atoms with Crippen LogP contribution in [0.25, 0.3) is 0 Å². The molecule has 0 heterocycles. The SMILES string of the molecule is CNCCC1CCCC(COC(F)F)C1. The number of ether oxygens (including phenoxy) is 1. The number of hydrogen-bond acceptors (Lipinski definition) is 2. The van der Waals surface area contributed by atoms with Gasteiger partial charge in [0.1, 0.15) is 0 Å². The lowest BCUT2D eigenvalue weighted by atomic mass is 9.80. The normalized spacial score (nSPS) is 27.2. The van der Waals surface area contributed by atoms with Gasteiger partial charge in [0, 0.05) is 0 Å².